The fourth-order valence-corrected chi connectivity index (χ4v) is 5.86. The molecule has 1 unspecified atom stereocenters. The minimum Gasteiger partial charge on any atom is -0.395 e. The van der Waals surface area contributed by atoms with Crippen LogP contribution in [0.2, 0.25) is 0 Å². The van der Waals surface area contributed by atoms with Gasteiger partial charge >= 0.3 is 0 Å². The summed E-state index contributed by atoms with van der Waals surface area (Å²) in [6.07, 6.45) is 6.26. The summed E-state index contributed by atoms with van der Waals surface area (Å²) in [5.74, 6) is 0.263. The Balaban J connectivity index is 1.49. The summed E-state index contributed by atoms with van der Waals surface area (Å²) in [4.78, 5) is 18.0. The number of aromatic nitrogens is 2. The van der Waals surface area contributed by atoms with Crippen molar-refractivity contribution in [1.82, 2.24) is 14.7 Å². The number of amides is 1. The third-order valence-corrected chi connectivity index (χ3v) is 7.58. The smallest absolute Gasteiger partial charge is 0.227 e. The van der Waals surface area contributed by atoms with E-state index in [2.05, 4.69) is 78.2 Å². The van der Waals surface area contributed by atoms with Gasteiger partial charge in [0.05, 0.1) is 18.0 Å². The second kappa shape index (κ2) is 10.2. The Morgan fingerprint density at radius 3 is 2.60 bits per heavy atom. The molecular weight excluding hydrogens is 434 g/mol. The van der Waals surface area contributed by atoms with Gasteiger partial charge in [-0.1, -0.05) is 62.2 Å². The van der Waals surface area contributed by atoms with Crippen LogP contribution in [-0.4, -0.2) is 33.6 Å². The van der Waals surface area contributed by atoms with Crippen molar-refractivity contribution in [3.63, 3.8) is 0 Å². The number of aliphatic hydroxyl groups is 1. The molecule has 2 aromatic carbocycles. The Morgan fingerprint density at radius 1 is 1.14 bits per heavy atom. The molecule has 1 aliphatic rings. The monoisotopic (exact) mass is 469 g/mol. The van der Waals surface area contributed by atoms with E-state index in [1.807, 2.05) is 0 Å². The second-order valence-electron chi connectivity index (χ2n) is 9.85. The molecule has 182 valence electrons. The molecule has 0 spiro atoms. The fraction of sp³-hybridized carbons (Fsp3) is 0.400. The minimum atomic E-state index is -0.148. The summed E-state index contributed by atoms with van der Waals surface area (Å²) in [5.41, 5.74) is 8.10. The van der Waals surface area contributed by atoms with Crippen molar-refractivity contribution in [3.8, 4) is 0 Å². The molecule has 2 heterocycles. The van der Waals surface area contributed by atoms with Crippen molar-refractivity contribution in [2.24, 2.45) is 5.92 Å². The molecule has 5 nitrogen and oxygen atoms in total. The highest BCUT2D eigenvalue weighted by molar-refractivity contribution is 5.91. The van der Waals surface area contributed by atoms with E-state index < -0.39 is 0 Å². The van der Waals surface area contributed by atoms with Gasteiger partial charge in [0.2, 0.25) is 5.91 Å². The van der Waals surface area contributed by atoms with Crippen molar-refractivity contribution in [2.45, 2.75) is 58.3 Å². The van der Waals surface area contributed by atoms with E-state index in [4.69, 9.17) is 4.98 Å². The zero-order chi connectivity index (χ0) is 24.4. The summed E-state index contributed by atoms with van der Waals surface area (Å²) in [7, 11) is 0. The number of fused-ring (bicyclic) bond motifs is 3. The number of aryl methyl sites for hydroxylation is 2. The molecule has 0 radical (unpaired) electrons. The summed E-state index contributed by atoms with van der Waals surface area (Å²) in [5, 5.41) is 13.3. The van der Waals surface area contributed by atoms with Crippen LogP contribution in [0.5, 0.6) is 0 Å². The van der Waals surface area contributed by atoms with Gasteiger partial charge in [0.15, 0.2) is 0 Å². The van der Waals surface area contributed by atoms with E-state index in [0.29, 0.717) is 12.5 Å². The number of nitrogens with one attached hydrogen (secondary N) is 1. The van der Waals surface area contributed by atoms with Crippen LogP contribution in [0.4, 0.5) is 0 Å². The van der Waals surface area contributed by atoms with E-state index >= 15 is 0 Å². The van der Waals surface area contributed by atoms with Crippen molar-refractivity contribution >= 4 is 22.5 Å². The van der Waals surface area contributed by atoms with Crippen molar-refractivity contribution in [2.75, 3.05) is 13.2 Å². The molecule has 1 amide bonds. The molecule has 1 atom stereocenters. The number of hydrogen-bond acceptors (Lipinski definition) is 3. The van der Waals surface area contributed by atoms with Crippen LogP contribution >= 0.6 is 0 Å². The molecule has 4 aromatic rings. The fourth-order valence-electron chi connectivity index (χ4n) is 5.86. The summed E-state index contributed by atoms with van der Waals surface area (Å²) in [6.45, 7) is 4.58. The number of rotatable bonds is 8. The lowest BCUT2D eigenvalue weighted by Crippen LogP contribution is -2.34. The first kappa shape index (κ1) is 23.6. The van der Waals surface area contributed by atoms with E-state index in [-0.39, 0.29) is 18.4 Å². The molecule has 1 aliphatic carbocycles. The van der Waals surface area contributed by atoms with Crippen LogP contribution < -0.4 is 5.32 Å². The van der Waals surface area contributed by atoms with E-state index in [0.717, 1.165) is 42.6 Å². The standard InChI is InChI=1S/C30H35N3O2/c1-3-24-18-20(2)33-27-11-7-6-10-25(27)26(29(33)32-24)19-21-12-14-23(15-13-21)28(22-8-4-5-9-22)30(35)31-16-17-34/h6-7,10-15,18,22,28,34H,3-5,8-9,16-17,19H2,1-2H3,(H,31,35). The Morgan fingerprint density at radius 2 is 1.89 bits per heavy atom. The highest BCUT2D eigenvalue weighted by atomic mass is 16.3. The molecule has 35 heavy (non-hydrogen) atoms. The molecular formula is C30H35N3O2. The number of carbonyl (C=O) groups is 1. The predicted molar refractivity (Wildman–Crippen MR) is 141 cm³/mol. The topological polar surface area (TPSA) is 66.6 Å². The highest BCUT2D eigenvalue weighted by Gasteiger charge is 2.31. The minimum absolute atomic E-state index is 0.0328. The van der Waals surface area contributed by atoms with Gasteiger partial charge in [0, 0.05) is 35.3 Å². The van der Waals surface area contributed by atoms with Gasteiger partial charge in [-0.2, -0.15) is 0 Å². The largest absolute Gasteiger partial charge is 0.395 e. The number of benzene rings is 2. The maximum absolute atomic E-state index is 13.0. The van der Waals surface area contributed by atoms with Crippen molar-refractivity contribution < 1.29 is 9.90 Å². The zero-order valence-corrected chi connectivity index (χ0v) is 20.8. The van der Waals surface area contributed by atoms with Gasteiger partial charge < -0.3 is 10.4 Å². The zero-order valence-electron chi connectivity index (χ0n) is 20.8. The lowest BCUT2D eigenvalue weighted by atomic mass is 9.83. The highest BCUT2D eigenvalue weighted by Crippen LogP contribution is 2.38. The molecule has 5 heteroatoms. The Kier molecular flexibility index (Phi) is 6.87. The van der Waals surface area contributed by atoms with Crippen LogP contribution in [0.25, 0.3) is 16.6 Å². The first-order valence-electron chi connectivity index (χ1n) is 13.0. The first-order valence-corrected chi connectivity index (χ1v) is 13.0. The van der Waals surface area contributed by atoms with E-state index in [9.17, 15) is 9.90 Å². The summed E-state index contributed by atoms with van der Waals surface area (Å²) < 4.78 is 2.28. The number of aliphatic hydroxyl groups excluding tert-OH is 1. The van der Waals surface area contributed by atoms with Crippen molar-refractivity contribution in [3.05, 3.63) is 82.7 Å². The molecule has 1 fully saturated rings. The van der Waals surface area contributed by atoms with Gasteiger partial charge in [-0.3, -0.25) is 9.20 Å². The Bertz CT molecular complexity index is 1330. The second-order valence-corrected chi connectivity index (χ2v) is 9.85. The molecule has 1 saturated carbocycles. The maximum Gasteiger partial charge on any atom is 0.227 e. The average Bonchev–Trinajstić information content (AvgIpc) is 3.51. The molecule has 2 aromatic heterocycles. The SMILES string of the molecule is CCc1cc(C)n2c(n1)c(Cc1ccc(C(C(=O)NCCO)C3CCCC3)cc1)c1ccccc12. The van der Waals surface area contributed by atoms with Gasteiger partial charge in [-0.05, 0) is 55.4 Å². The van der Waals surface area contributed by atoms with Gasteiger partial charge in [0.25, 0.3) is 0 Å². The third kappa shape index (κ3) is 4.57. The molecule has 5 rings (SSSR count). The van der Waals surface area contributed by atoms with Gasteiger partial charge in [-0.25, -0.2) is 4.98 Å². The summed E-state index contributed by atoms with van der Waals surface area (Å²) in [6, 6.07) is 19.3. The number of carbonyl (C=O) groups excluding carboxylic acids is 1. The Labute approximate surface area is 207 Å². The average molecular weight is 470 g/mol. The quantitative estimate of drug-likeness (QED) is 0.366. The van der Waals surface area contributed by atoms with Crippen molar-refractivity contribution in [1.29, 1.82) is 0 Å². The summed E-state index contributed by atoms with van der Waals surface area (Å²) >= 11 is 0. The van der Waals surface area contributed by atoms with Gasteiger partial charge in [0.1, 0.15) is 5.65 Å². The first-order chi connectivity index (χ1) is 17.1. The lowest BCUT2D eigenvalue weighted by molar-refractivity contribution is -0.123. The van der Waals surface area contributed by atoms with Crippen LogP contribution in [0, 0.1) is 12.8 Å². The van der Waals surface area contributed by atoms with E-state index in [1.54, 1.807) is 0 Å². The molecule has 0 bridgehead atoms. The third-order valence-electron chi connectivity index (χ3n) is 7.58. The Hall–Kier alpha value is -3.18. The normalized spacial score (nSPS) is 15.2. The lowest BCUT2D eigenvalue weighted by Gasteiger charge is -2.23. The van der Waals surface area contributed by atoms with Crippen LogP contribution in [0.15, 0.2) is 54.6 Å². The number of para-hydroxylation sites is 1. The number of hydrogen-bond donors (Lipinski definition) is 2. The predicted octanol–water partition coefficient (Wildman–Crippen LogP) is 5.33. The van der Waals surface area contributed by atoms with E-state index in [1.165, 1.54) is 40.6 Å². The molecule has 2 N–H and O–H groups in total. The number of nitrogens with zero attached hydrogens (tertiary/aromatic N) is 2. The van der Waals surface area contributed by atoms with Crippen LogP contribution in [0.3, 0.4) is 0 Å². The van der Waals surface area contributed by atoms with Crippen LogP contribution in [-0.2, 0) is 17.6 Å². The maximum atomic E-state index is 13.0. The molecule has 0 saturated heterocycles. The van der Waals surface area contributed by atoms with Gasteiger partial charge in [-0.15, -0.1) is 0 Å². The van der Waals surface area contributed by atoms with Crippen LogP contribution in [0.1, 0.15) is 66.6 Å². The molecule has 0 aliphatic heterocycles.